The number of benzene rings is 2. The summed E-state index contributed by atoms with van der Waals surface area (Å²) in [7, 11) is -2.14. The van der Waals surface area contributed by atoms with Crippen molar-refractivity contribution in [1.82, 2.24) is 10.2 Å². The van der Waals surface area contributed by atoms with Gasteiger partial charge in [0.15, 0.2) is 0 Å². The highest BCUT2D eigenvalue weighted by Crippen LogP contribution is 2.30. The van der Waals surface area contributed by atoms with Gasteiger partial charge in [-0.05, 0) is 49.9 Å². The van der Waals surface area contributed by atoms with Crippen LogP contribution in [0.3, 0.4) is 0 Å². The molecule has 1 atom stereocenters. The molecule has 2 aromatic rings. The van der Waals surface area contributed by atoms with Crippen LogP contribution in [0.2, 0.25) is 5.02 Å². The molecule has 0 aliphatic rings. The van der Waals surface area contributed by atoms with Crippen molar-refractivity contribution in [2.24, 2.45) is 0 Å². The van der Waals surface area contributed by atoms with Crippen LogP contribution >= 0.6 is 11.6 Å². The lowest BCUT2D eigenvalue weighted by Crippen LogP contribution is -2.49. The smallest absolute Gasteiger partial charge is 0.242 e. The second kappa shape index (κ2) is 15.0. The number of halogens is 1. The van der Waals surface area contributed by atoms with Gasteiger partial charge in [0.2, 0.25) is 21.8 Å². The molecule has 0 unspecified atom stereocenters. The average Bonchev–Trinajstić information content (AvgIpc) is 2.87. The van der Waals surface area contributed by atoms with Crippen LogP contribution in [-0.2, 0) is 26.2 Å². The van der Waals surface area contributed by atoms with Crippen molar-refractivity contribution >= 4 is 39.1 Å². The molecule has 0 spiro atoms. The maximum atomic E-state index is 13.5. The van der Waals surface area contributed by atoms with Gasteiger partial charge in [-0.15, -0.1) is 0 Å². The lowest BCUT2D eigenvalue weighted by atomic mass is 10.1. The molecular weight excluding hydrogens is 526 g/mol. The van der Waals surface area contributed by atoms with E-state index in [0.717, 1.165) is 30.2 Å². The molecule has 0 saturated heterocycles. The van der Waals surface area contributed by atoms with E-state index in [1.165, 1.54) is 17.5 Å². The Morgan fingerprint density at radius 2 is 1.76 bits per heavy atom. The first-order chi connectivity index (χ1) is 18.0. The van der Waals surface area contributed by atoms with Gasteiger partial charge in [-0.1, -0.05) is 61.7 Å². The Kier molecular flexibility index (Phi) is 12.4. The number of amides is 2. The zero-order chi connectivity index (χ0) is 28.3. The van der Waals surface area contributed by atoms with Crippen LogP contribution in [-0.4, -0.2) is 57.6 Å². The van der Waals surface area contributed by atoms with Crippen molar-refractivity contribution in [2.45, 2.75) is 65.5 Å². The Morgan fingerprint density at radius 1 is 1.08 bits per heavy atom. The average molecular weight is 566 g/mol. The second-order valence-corrected chi connectivity index (χ2v) is 11.6. The van der Waals surface area contributed by atoms with E-state index in [-0.39, 0.29) is 31.2 Å². The van der Waals surface area contributed by atoms with Crippen molar-refractivity contribution in [2.75, 3.05) is 30.8 Å². The van der Waals surface area contributed by atoms with Crippen LogP contribution in [0, 0.1) is 6.92 Å². The van der Waals surface area contributed by atoms with Gasteiger partial charge in [0.25, 0.3) is 0 Å². The van der Waals surface area contributed by atoms with Gasteiger partial charge in [0, 0.05) is 26.1 Å². The summed E-state index contributed by atoms with van der Waals surface area (Å²) in [4.78, 5) is 28.1. The highest BCUT2D eigenvalue weighted by molar-refractivity contribution is 7.92. The Morgan fingerprint density at radius 3 is 2.32 bits per heavy atom. The predicted molar refractivity (Wildman–Crippen MR) is 153 cm³/mol. The predicted octanol–water partition coefficient (Wildman–Crippen LogP) is 4.93. The summed E-state index contributed by atoms with van der Waals surface area (Å²) in [5, 5.41) is 3.24. The van der Waals surface area contributed by atoms with Gasteiger partial charge < -0.3 is 15.0 Å². The molecule has 0 fully saturated rings. The molecule has 1 N–H and O–H groups in total. The fraction of sp³-hybridized carbons (Fsp3) is 0.500. The molecule has 38 heavy (non-hydrogen) atoms. The SMILES string of the molecule is CCCCNC(=O)[C@H](CC)N(Cc1ccc(C)cc1)C(=O)CCCN(c1ccc(OC)c(Cl)c1)S(C)(=O)=O. The van der Waals surface area contributed by atoms with Gasteiger partial charge in [-0.25, -0.2) is 8.42 Å². The summed E-state index contributed by atoms with van der Waals surface area (Å²) >= 11 is 6.22. The number of sulfonamides is 1. The molecule has 0 aromatic heterocycles. The summed E-state index contributed by atoms with van der Waals surface area (Å²) in [5.74, 6) is 0.0601. The first-order valence-corrected chi connectivity index (χ1v) is 15.2. The standard InChI is InChI=1S/C28H40ClN3O5S/c1-6-8-17-30-28(34)25(7-2)31(20-22-13-11-21(3)12-14-22)27(33)10-9-18-32(38(5,35)36)23-15-16-26(37-4)24(29)19-23/h11-16,19,25H,6-10,17-18,20H2,1-5H3,(H,30,34)/t25-/m0/s1. The molecule has 2 amide bonds. The van der Waals surface area contributed by atoms with Crippen LogP contribution in [0.1, 0.15) is 57.1 Å². The third-order valence-corrected chi connectivity index (χ3v) is 7.75. The second-order valence-electron chi connectivity index (χ2n) is 9.33. The fourth-order valence-corrected chi connectivity index (χ4v) is 5.34. The van der Waals surface area contributed by atoms with Gasteiger partial charge in [0.1, 0.15) is 11.8 Å². The van der Waals surface area contributed by atoms with Gasteiger partial charge in [0.05, 0.1) is 24.1 Å². The molecular formula is C28H40ClN3O5S. The topological polar surface area (TPSA) is 96.0 Å². The van der Waals surface area contributed by atoms with Gasteiger partial charge >= 0.3 is 0 Å². The Labute approximate surface area is 232 Å². The number of ether oxygens (including phenoxy) is 1. The molecule has 10 heteroatoms. The number of nitrogens with one attached hydrogen (secondary N) is 1. The summed E-state index contributed by atoms with van der Waals surface area (Å²) in [6, 6.07) is 12.0. The lowest BCUT2D eigenvalue weighted by Gasteiger charge is -2.31. The molecule has 0 saturated carbocycles. The molecule has 0 bridgehead atoms. The third-order valence-electron chi connectivity index (χ3n) is 6.26. The first-order valence-electron chi connectivity index (χ1n) is 13.0. The third kappa shape index (κ3) is 9.20. The summed E-state index contributed by atoms with van der Waals surface area (Å²) < 4.78 is 31.5. The number of hydrogen-bond acceptors (Lipinski definition) is 5. The number of anilines is 1. The number of carbonyl (C=O) groups is 2. The summed E-state index contributed by atoms with van der Waals surface area (Å²) in [5.41, 5.74) is 2.42. The van der Waals surface area contributed by atoms with Gasteiger partial charge in [-0.3, -0.25) is 13.9 Å². The molecule has 0 aliphatic heterocycles. The number of unbranched alkanes of at least 4 members (excludes halogenated alkanes) is 1. The molecule has 0 heterocycles. The maximum absolute atomic E-state index is 13.5. The molecule has 8 nitrogen and oxygen atoms in total. The molecule has 0 aliphatic carbocycles. The van der Waals surface area contributed by atoms with Crippen molar-refractivity contribution in [3.63, 3.8) is 0 Å². The number of nitrogens with zero attached hydrogens (tertiary/aromatic N) is 2. The van der Waals surface area contributed by atoms with E-state index in [2.05, 4.69) is 12.2 Å². The van der Waals surface area contributed by atoms with Crippen LogP contribution in [0.4, 0.5) is 5.69 Å². The molecule has 2 aromatic carbocycles. The van der Waals surface area contributed by atoms with E-state index in [1.807, 2.05) is 38.1 Å². The van der Waals surface area contributed by atoms with Crippen molar-refractivity contribution in [1.29, 1.82) is 0 Å². The minimum atomic E-state index is -3.63. The van der Waals surface area contributed by atoms with Crippen LogP contribution in [0.5, 0.6) is 5.75 Å². The minimum Gasteiger partial charge on any atom is -0.495 e. The van der Waals surface area contributed by atoms with Gasteiger partial charge in [-0.2, -0.15) is 0 Å². The van der Waals surface area contributed by atoms with E-state index in [9.17, 15) is 18.0 Å². The number of hydrogen-bond donors (Lipinski definition) is 1. The van der Waals surface area contributed by atoms with E-state index in [0.29, 0.717) is 36.0 Å². The highest BCUT2D eigenvalue weighted by atomic mass is 35.5. The molecule has 2 rings (SSSR count). The van der Waals surface area contributed by atoms with E-state index in [1.54, 1.807) is 17.0 Å². The largest absolute Gasteiger partial charge is 0.495 e. The summed E-state index contributed by atoms with van der Waals surface area (Å²) in [6.07, 6.45) is 3.76. The first kappa shape index (κ1) is 31.4. The fourth-order valence-electron chi connectivity index (χ4n) is 4.13. The monoisotopic (exact) mass is 565 g/mol. The van der Waals surface area contributed by atoms with Crippen molar-refractivity contribution < 1.29 is 22.7 Å². The van der Waals surface area contributed by atoms with Crippen LogP contribution in [0.15, 0.2) is 42.5 Å². The van der Waals surface area contributed by atoms with E-state index < -0.39 is 16.1 Å². The minimum absolute atomic E-state index is 0.0838. The normalized spacial score (nSPS) is 12.1. The zero-order valence-electron chi connectivity index (χ0n) is 23.0. The van der Waals surface area contributed by atoms with Crippen molar-refractivity contribution in [3.05, 3.63) is 58.6 Å². The quantitative estimate of drug-likeness (QED) is 0.309. The molecule has 0 radical (unpaired) electrons. The number of rotatable bonds is 15. The number of carbonyl (C=O) groups excluding carboxylic acids is 2. The Hall–Kier alpha value is -2.78. The lowest BCUT2D eigenvalue weighted by molar-refractivity contribution is -0.141. The van der Waals surface area contributed by atoms with Crippen molar-refractivity contribution in [3.8, 4) is 5.75 Å². The maximum Gasteiger partial charge on any atom is 0.242 e. The highest BCUT2D eigenvalue weighted by Gasteiger charge is 2.28. The number of methoxy groups -OCH3 is 1. The Bertz CT molecular complexity index is 1170. The molecule has 210 valence electrons. The Balaban J connectivity index is 2.21. The zero-order valence-corrected chi connectivity index (χ0v) is 24.6. The van der Waals surface area contributed by atoms with E-state index in [4.69, 9.17) is 16.3 Å². The van der Waals surface area contributed by atoms with E-state index >= 15 is 0 Å². The number of aryl methyl sites for hydroxylation is 1. The van der Waals surface area contributed by atoms with Crippen LogP contribution < -0.4 is 14.4 Å². The van der Waals surface area contributed by atoms with Crippen LogP contribution in [0.25, 0.3) is 0 Å². The summed E-state index contributed by atoms with van der Waals surface area (Å²) in [6.45, 7) is 6.88.